The van der Waals surface area contributed by atoms with Crippen LogP contribution in [0.2, 0.25) is 0 Å². The number of nitrogens with one attached hydrogen (secondary N) is 1. The van der Waals surface area contributed by atoms with E-state index in [1.54, 1.807) is 42.5 Å². The fourth-order valence-electron chi connectivity index (χ4n) is 3.57. The molecule has 33 heavy (non-hydrogen) atoms. The van der Waals surface area contributed by atoms with Crippen molar-refractivity contribution >= 4 is 28.8 Å². The van der Waals surface area contributed by atoms with Crippen molar-refractivity contribution in [1.29, 1.82) is 0 Å². The highest BCUT2D eigenvalue weighted by Crippen LogP contribution is 2.37. The van der Waals surface area contributed by atoms with Crippen LogP contribution < -0.4 is 19.7 Å². The van der Waals surface area contributed by atoms with Crippen LogP contribution in [0.3, 0.4) is 0 Å². The van der Waals surface area contributed by atoms with Crippen LogP contribution in [0.4, 0.5) is 20.2 Å². The Hall–Kier alpha value is -4.20. The third-order valence-electron chi connectivity index (χ3n) is 5.23. The van der Waals surface area contributed by atoms with Gasteiger partial charge >= 0.3 is 0 Å². The minimum atomic E-state index is -0.895. The van der Waals surface area contributed by atoms with E-state index in [2.05, 4.69) is 5.32 Å². The van der Waals surface area contributed by atoms with Gasteiger partial charge in [0.05, 0.1) is 25.5 Å². The van der Waals surface area contributed by atoms with E-state index in [0.29, 0.717) is 27.6 Å². The Bertz CT molecular complexity index is 1290. The van der Waals surface area contributed by atoms with Gasteiger partial charge in [-0.2, -0.15) is 0 Å². The smallest absolute Gasteiger partial charge is 0.282 e. The molecule has 0 bridgehead atoms. The number of nitrogens with zero attached hydrogens (tertiary/aromatic N) is 1. The molecule has 0 saturated carbocycles. The van der Waals surface area contributed by atoms with Gasteiger partial charge in [-0.3, -0.25) is 9.59 Å². The predicted molar refractivity (Wildman–Crippen MR) is 120 cm³/mol. The number of hydrogen-bond donors (Lipinski definition) is 1. The zero-order chi connectivity index (χ0) is 23.7. The normalized spacial score (nSPS) is 13.5. The maximum absolute atomic E-state index is 14.5. The van der Waals surface area contributed by atoms with Crippen LogP contribution in [0.5, 0.6) is 11.5 Å². The van der Waals surface area contributed by atoms with E-state index >= 15 is 0 Å². The van der Waals surface area contributed by atoms with Crippen LogP contribution >= 0.6 is 0 Å². The van der Waals surface area contributed by atoms with Gasteiger partial charge in [-0.15, -0.1) is 0 Å². The Morgan fingerprint density at radius 2 is 1.52 bits per heavy atom. The number of ether oxygens (including phenoxy) is 2. The summed E-state index contributed by atoms with van der Waals surface area (Å²) < 4.78 is 38.9. The van der Waals surface area contributed by atoms with Crippen molar-refractivity contribution in [2.24, 2.45) is 0 Å². The Kier molecular flexibility index (Phi) is 5.83. The molecule has 2 amide bonds. The minimum absolute atomic E-state index is 0.0402. The lowest BCUT2D eigenvalue weighted by molar-refractivity contribution is -0.120. The number of aryl methyl sites for hydroxylation is 1. The molecule has 0 fully saturated rings. The summed E-state index contributed by atoms with van der Waals surface area (Å²) in [6, 6.07) is 14.5. The molecule has 1 N–H and O–H groups in total. The van der Waals surface area contributed by atoms with Crippen LogP contribution in [-0.4, -0.2) is 26.0 Å². The van der Waals surface area contributed by atoms with Crippen LogP contribution in [0.1, 0.15) is 11.1 Å². The SMILES string of the molecule is COc1ccc(NC2=C(c3ccc(C)cc3)C(=O)N(c3cc(F)ccc3F)C2=O)cc1OC. The molecule has 1 aliphatic heterocycles. The van der Waals surface area contributed by atoms with Crippen LogP contribution in [0, 0.1) is 18.6 Å². The fraction of sp³-hybridized carbons (Fsp3) is 0.120. The lowest BCUT2D eigenvalue weighted by Crippen LogP contribution is -2.33. The van der Waals surface area contributed by atoms with Gasteiger partial charge in [-0.05, 0) is 36.8 Å². The fourth-order valence-corrected chi connectivity index (χ4v) is 3.57. The highest BCUT2D eigenvalue weighted by atomic mass is 19.1. The van der Waals surface area contributed by atoms with Gasteiger partial charge in [0.2, 0.25) is 0 Å². The first-order valence-corrected chi connectivity index (χ1v) is 9.98. The number of amides is 2. The van der Waals surface area contributed by atoms with Crippen LogP contribution in [-0.2, 0) is 9.59 Å². The minimum Gasteiger partial charge on any atom is -0.493 e. The molecule has 0 aromatic heterocycles. The summed E-state index contributed by atoms with van der Waals surface area (Å²) in [6.45, 7) is 1.89. The molecule has 0 radical (unpaired) electrons. The van der Waals surface area contributed by atoms with E-state index in [9.17, 15) is 18.4 Å². The zero-order valence-electron chi connectivity index (χ0n) is 18.1. The second kappa shape index (κ2) is 8.74. The maximum atomic E-state index is 14.5. The lowest BCUT2D eigenvalue weighted by atomic mass is 10.0. The van der Waals surface area contributed by atoms with Gasteiger partial charge in [0.15, 0.2) is 11.5 Å². The molecule has 1 aliphatic rings. The number of imide groups is 1. The number of carbonyl (C=O) groups is 2. The van der Waals surface area contributed by atoms with Crippen LogP contribution in [0.15, 0.2) is 66.4 Å². The number of carbonyl (C=O) groups excluding carboxylic acids is 2. The molecular weight excluding hydrogens is 430 g/mol. The zero-order valence-corrected chi connectivity index (χ0v) is 18.1. The van der Waals surface area contributed by atoms with E-state index in [1.807, 2.05) is 6.92 Å². The van der Waals surface area contributed by atoms with Crippen molar-refractivity contribution in [3.05, 3.63) is 89.1 Å². The third-order valence-corrected chi connectivity index (χ3v) is 5.23. The van der Waals surface area contributed by atoms with Crippen molar-refractivity contribution in [3.8, 4) is 11.5 Å². The molecule has 3 aromatic carbocycles. The van der Waals surface area contributed by atoms with Crippen molar-refractivity contribution < 1.29 is 27.8 Å². The molecule has 4 rings (SSSR count). The van der Waals surface area contributed by atoms with E-state index in [0.717, 1.165) is 23.8 Å². The molecule has 0 unspecified atom stereocenters. The van der Waals surface area contributed by atoms with Crippen molar-refractivity contribution in [2.75, 3.05) is 24.4 Å². The van der Waals surface area contributed by atoms with Gasteiger partial charge in [0.25, 0.3) is 11.8 Å². The quantitative estimate of drug-likeness (QED) is 0.552. The van der Waals surface area contributed by atoms with Gasteiger partial charge < -0.3 is 14.8 Å². The van der Waals surface area contributed by atoms with E-state index in [-0.39, 0.29) is 11.3 Å². The average Bonchev–Trinajstić information content (AvgIpc) is 3.05. The summed E-state index contributed by atoms with van der Waals surface area (Å²) in [6.07, 6.45) is 0. The number of anilines is 2. The maximum Gasteiger partial charge on any atom is 0.282 e. The van der Waals surface area contributed by atoms with Gasteiger partial charge in [0, 0.05) is 17.8 Å². The predicted octanol–water partition coefficient (Wildman–Crippen LogP) is 4.69. The second-order valence-corrected chi connectivity index (χ2v) is 7.35. The molecule has 0 spiro atoms. The number of benzene rings is 3. The van der Waals surface area contributed by atoms with Crippen molar-refractivity contribution in [2.45, 2.75) is 6.92 Å². The second-order valence-electron chi connectivity index (χ2n) is 7.35. The van der Waals surface area contributed by atoms with Crippen LogP contribution in [0.25, 0.3) is 5.57 Å². The number of hydrogen-bond acceptors (Lipinski definition) is 5. The Morgan fingerprint density at radius 3 is 2.18 bits per heavy atom. The molecule has 0 atom stereocenters. The molecule has 168 valence electrons. The van der Waals surface area contributed by atoms with E-state index in [1.165, 1.54) is 14.2 Å². The summed E-state index contributed by atoms with van der Waals surface area (Å²) in [5.74, 6) is -2.36. The van der Waals surface area contributed by atoms with E-state index in [4.69, 9.17) is 9.47 Å². The average molecular weight is 450 g/mol. The molecule has 3 aromatic rings. The molecule has 8 heteroatoms. The highest BCUT2D eigenvalue weighted by molar-refractivity contribution is 6.46. The number of halogens is 2. The summed E-state index contributed by atoms with van der Waals surface area (Å²) in [5, 5.41) is 2.96. The third kappa shape index (κ3) is 4.03. The van der Waals surface area contributed by atoms with Gasteiger partial charge in [-0.25, -0.2) is 13.7 Å². The summed E-state index contributed by atoms with van der Waals surface area (Å²) in [5.41, 5.74) is 1.37. The largest absolute Gasteiger partial charge is 0.493 e. The van der Waals surface area contributed by atoms with Gasteiger partial charge in [-0.1, -0.05) is 29.8 Å². The summed E-state index contributed by atoms with van der Waals surface area (Å²) in [4.78, 5) is 27.4. The summed E-state index contributed by atoms with van der Waals surface area (Å²) >= 11 is 0. The Labute approximate surface area is 189 Å². The van der Waals surface area contributed by atoms with E-state index < -0.39 is 29.1 Å². The molecule has 0 saturated heterocycles. The summed E-state index contributed by atoms with van der Waals surface area (Å²) in [7, 11) is 2.96. The first-order valence-electron chi connectivity index (χ1n) is 9.98. The Balaban J connectivity index is 1.84. The van der Waals surface area contributed by atoms with Crippen molar-refractivity contribution in [1.82, 2.24) is 0 Å². The Morgan fingerprint density at radius 1 is 0.818 bits per heavy atom. The highest BCUT2D eigenvalue weighted by Gasteiger charge is 2.41. The van der Waals surface area contributed by atoms with Gasteiger partial charge in [0.1, 0.15) is 17.3 Å². The standard InChI is InChI=1S/C25H20F2N2O4/c1-14-4-6-15(7-5-14)22-23(28-17-9-11-20(32-2)21(13-17)33-3)25(31)29(24(22)30)19-12-16(26)8-10-18(19)27/h4-13,28H,1-3H3. The molecule has 0 aliphatic carbocycles. The van der Waals surface area contributed by atoms with Crippen molar-refractivity contribution in [3.63, 3.8) is 0 Å². The number of rotatable bonds is 6. The molecule has 1 heterocycles. The lowest BCUT2D eigenvalue weighted by Gasteiger charge is -2.16. The number of methoxy groups -OCH3 is 2. The molecule has 6 nitrogen and oxygen atoms in total. The topological polar surface area (TPSA) is 67.9 Å². The monoisotopic (exact) mass is 450 g/mol. The first-order chi connectivity index (χ1) is 15.8. The first kappa shape index (κ1) is 22.0. The molecular formula is C25H20F2N2O4.